The molecule has 5 heteroatoms. The lowest BCUT2D eigenvalue weighted by Gasteiger charge is -2.31. The molecule has 4 rings (SSSR count). The van der Waals surface area contributed by atoms with Crippen LogP contribution in [0.15, 0.2) is 36.4 Å². The molecule has 0 spiro atoms. The highest BCUT2D eigenvalue weighted by molar-refractivity contribution is 6.08. The van der Waals surface area contributed by atoms with E-state index in [9.17, 15) is 18.7 Å². The minimum absolute atomic E-state index is 0.0592. The summed E-state index contributed by atoms with van der Waals surface area (Å²) in [5.41, 5.74) is 0.0663. The minimum Gasteiger partial charge on any atom is -0.508 e. The van der Waals surface area contributed by atoms with Gasteiger partial charge in [-0.2, -0.15) is 0 Å². The van der Waals surface area contributed by atoms with Crippen molar-refractivity contribution in [1.29, 1.82) is 0 Å². The lowest BCUT2D eigenvalue weighted by molar-refractivity contribution is -0.120. The average molecular weight is 343 g/mol. The number of aromatic hydroxyl groups is 1. The van der Waals surface area contributed by atoms with Crippen LogP contribution < -0.4 is 5.32 Å². The van der Waals surface area contributed by atoms with Crippen LogP contribution in [0, 0.1) is 17.6 Å². The number of carbonyl (C=O) groups excluding carboxylic acids is 1. The number of halogens is 2. The number of rotatable bonds is 3. The maximum Gasteiger partial charge on any atom is 0.239 e. The van der Waals surface area contributed by atoms with Gasteiger partial charge in [0.1, 0.15) is 11.2 Å². The molecular formula is C20H19F2NO2. The Balaban J connectivity index is 1.91. The van der Waals surface area contributed by atoms with Crippen LogP contribution in [0.5, 0.6) is 5.75 Å². The van der Waals surface area contributed by atoms with Gasteiger partial charge in [0.2, 0.25) is 5.91 Å². The Kier molecular flexibility index (Phi) is 3.74. The molecule has 130 valence electrons. The van der Waals surface area contributed by atoms with Crippen molar-refractivity contribution in [3.05, 3.63) is 59.2 Å². The van der Waals surface area contributed by atoms with Crippen molar-refractivity contribution in [3.63, 3.8) is 0 Å². The molecule has 1 fully saturated rings. The van der Waals surface area contributed by atoms with E-state index < -0.39 is 17.0 Å². The maximum atomic E-state index is 14.3. The summed E-state index contributed by atoms with van der Waals surface area (Å²) in [6.45, 7) is 0. The maximum absolute atomic E-state index is 14.3. The lowest BCUT2D eigenvalue weighted by atomic mass is 9.69. The number of hydrogen-bond donors (Lipinski definition) is 2. The second-order valence-corrected chi connectivity index (χ2v) is 7.04. The zero-order valence-corrected chi connectivity index (χ0v) is 13.7. The van der Waals surface area contributed by atoms with E-state index in [1.807, 2.05) is 0 Å². The molecule has 0 aromatic heterocycles. The molecular weight excluding hydrogens is 324 g/mol. The first kappa shape index (κ1) is 16.1. The molecule has 3 nitrogen and oxygen atoms in total. The monoisotopic (exact) mass is 343 g/mol. The Morgan fingerprint density at radius 3 is 2.44 bits per heavy atom. The van der Waals surface area contributed by atoms with Gasteiger partial charge in [0.25, 0.3) is 0 Å². The van der Waals surface area contributed by atoms with Crippen molar-refractivity contribution in [2.75, 3.05) is 5.32 Å². The smallest absolute Gasteiger partial charge is 0.239 e. The van der Waals surface area contributed by atoms with Gasteiger partial charge in [-0.15, -0.1) is 0 Å². The van der Waals surface area contributed by atoms with Crippen molar-refractivity contribution < 1.29 is 18.7 Å². The predicted molar refractivity (Wildman–Crippen MR) is 90.4 cm³/mol. The predicted octanol–water partition coefficient (Wildman–Crippen LogP) is 4.49. The van der Waals surface area contributed by atoms with Gasteiger partial charge in [-0.05, 0) is 41.7 Å². The van der Waals surface area contributed by atoms with Crippen LogP contribution >= 0.6 is 0 Å². The SMILES string of the molecule is O=C1Nc2c(ccc(F)c2F)C1(CC1CCCC1)c1ccc(O)cc1. The third-order valence-corrected chi connectivity index (χ3v) is 5.61. The van der Waals surface area contributed by atoms with Crippen LogP contribution in [0.1, 0.15) is 43.2 Å². The fourth-order valence-electron chi connectivity index (χ4n) is 4.37. The molecule has 1 atom stereocenters. The summed E-state index contributed by atoms with van der Waals surface area (Å²) in [6, 6.07) is 9.03. The van der Waals surface area contributed by atoms with E-state index in [-0.39, 0.29) is 17.3 Å². The highest BCUT2D eigenvalue weighted by Gasteiger charge is 2.50. The van der Waals surface area contributed by atoms with Crippen LogP contribution in [0.3, 0.4) is 0 Å². The summed E-state index contributed by atoms with van der Waals surface area (Å²) in [5, 5.41) is 12.2. The molecule has 2 aromatic carbocycles. The van der Waals surface area contributed by atoms with Gasteiger partial charge in [0.05, 0.1) is 5.69 Å². The first-order chi connectivity index (χ1) is 12.0. The number of nitrogens with one attached hydrogen (secondary N) is 1. The third-order valence-electron chi connectivity index (χ3n) is 5.61. The highest BCUT2D eigenvalue weighted by atomic mass is 19.2. The lowest BCUT2D eigenvalue weighted by Crippen LogP contribution is -2.37. The fourth-order valence-corrected chi connectivity index (χ4v) is 4.37. The number of anilines is 1. The quantitative estimate of drug-likeness (QED) is 0.863. The molecule has 25 heavy (non-hydrogen) atoms. The van der Waals surface area contributed by atoms with Crippen LogP contribution in [-0.2, 0) is 10.2 Å². The number of phenolic OH excluding ortho intramolecular Hbond substituents is 1. The van der Waals surface area contributed by atoms with Crippen LogP contribution in [-0.4, -0.2) is 11.0 Å². The zero-order chi connectivity index (χ0) is 17.6. The standard InChI is InChI=1S/C20H19F2NO2/c21-16-10-9-15-18(17(16)22)23-19(25)20(15,11-12-3-1-2-4-12)13-5-7-14(24)8-6-13/h5-10,12,24H,1-4,11H2,(H,23,25). The molecule has 0 bridgehead atoms. The van der Waals surface area contributed by atoms with E-state index in [0.717, 1.165) is 31.7 Å². The summed E-state index contributed by atoms with van der Waals surface area (Å²) < 4.78 is 27.9. The Morgan fingerprint density at radius 1 is 1.08 bits per heavy atom. The fraction of sp³-hybridized carbons (Fsp3) is 0.350. The number of phenols is 1. The molecule has 1 heterocycles. The Labute approximate surface area is 144 Å². The summed E-state index contributed by atoms with van der Waals surface area (Å²) in [4.78, 5) is 13.0. The molecule has 2 aliphatic rings. The van der Waals surface area contributed by atoms with E-state index in [1.165, 1.54) is 18.2 Å². The average Bonchev–Trinajstić information content (AvgIpc) is 3.20. The number of hydrogen-bond acceptors (Lipinski definition) is 2. The summed E-state index contributed by atoms with van der Waals surface area (Å²) in [7, 11) is 0. The Morgan fingerprint density at radius 2 is 1.76 bits per heavy atom. The molecule has 1 saturated carbocycles. The van der Waals surface area contributed by atoms with Crippen LogP contribution in [0.25, 0.3) is 0 Å². The molecule has 1 amide bonds. The molecule has 0 saturated heterocycles. The molecule has 2 N–H and O–H groups in total. The summed E-state index contributed by atoms with van der Waals surface area (Å²) in [6.07, 6.45) is 4.88. The van der Waals surface area contributed by atoms with E-state index >= 15 is 0 Å². The minimum atomic E-state index is -1.05. The third kappa shape index (κ3) is 2.41. The number of carbonyl (C=O) groups is 1. The van der Waals surface area contributed by atoms with Gasteiger partial charge < -0.3 is 10.4 Å². The summed E-state index contributed by atoms with van der Waals surface area (Å²) in [5.74, 6) is -1.86. The highest BCUT2D eigenvalue weighted by Crippen LogP contribution is 2.50. The Hall–Kier alpha value is -2.43. The zero-order valence-electron chi connectivity index (χ0n) is 13.7. The molecule has 1 aliphatic carbocycles. The van der Waals surface area contributed by atoms with Gasteiger partial charge in [-0.1, -0.05) is 43.9 Å². The van der Waals surface area contributed by atoms with Crippen molar-refractivity contribution in [2.24, 2.45) is 5.92 Å². The van der Waals surface area contributed by atoms with E-state index in [2.05, 4.69) is 5.32 Å². The van der Waals surface area contributed by atoms with E-state index in [4.69, 9.17) is 0 Å². The van der Waals surface area contributed by atoms with E-state index in [0.29, 0.717) is 23.5 Å². The van der Waals surface area contributed by atoms with Gasteiger partial charge in [0, 0.05) is 0 Å². The first-order valence-electron chi connectivity index (χ1n) is 8.62. The van der Waals surface area contributed by atoms with Gasteiger partial charge >= 0.3 is 0 Å². The van der Waals surface area contributed by atoms with Crippen molar-refractivity contribution in [1.82, 2.24) is 0 Å². The molecule has 2 aromatic rings. The largest absolute Gasteiger partial charge is 0.508 e. The van der Waals surface area contributed by atoms with Crippen LogP contribution in [0.4, 0.5) is 14.5 Å². The molecule has 0 radical (unpaired) electrons. The van der Waals surface area contributed by atoms with Crippen molar-refractivity contribution >= 4 is 11.6 Å². The second kappa shape index (κ2) is 5.83. The van der Waals surface area contributed by atoms with Gasteiger partial charge in [-0.3, -0.25) is 4.79 Å². The topological polar surface area (TPSA) is 49.3 Å². The summed E-state index contributed by atoms with van der Waals surface area (Å²) >= 11 is 0. The van der Waals surface area contributed by atoms with Crippen molar-refractivity contribution in [2.45, 2.75) is 37.5 Å². The van der Waals surface area contributed by atoms with E-state index in [1.54, 1.807) is 12.1 Å². The Bertz CT molecular complexity index is 828. The van der Waals surface area contributed by atoms with Gasteiger partial charge in [-0.25, -0.2) is 8.78 Å². The number of amides is 1. The number of benzene rings is 2. The second-order valence-electron chi connectivity index (χ2n) is 7.04. The number of fused-ring (bicyclic) bond motifs is 1. The van der Waals surface area contributed by atoms with Crippen molar-refractivity contribution in [3.8, 4) is 5.75 Å². The normalized spacial score (nSPS) is 22.9. The van der Waals surface area contributed by atoms with Gasteiger partial charge in [0.15, 0.2) is 11.6 Å². The first-order valence-corrected chi connectivity index (χ1v) is 8.62. The van der Waals surface area contributed by atoms with Crippen LogP contribution in [0.2, 0.25) is 0 Å². The molecule has 1 aliphatic heterocycles. The molecule has 1 unspecified atom stereocenters.